The second-order valence-corrected chi connectivity index (χ2v) is 11.8. The number of amidine groups is 1. The van der Waals surface area contributed by atoms with Crippen LogP contribution in [0.3, 0.4) is 0 Å². The second-order valence-electron chi connectivity index (χ2n) is 10.9. The molecule has 13 heteroatoms. The lowest BCUT2D eigenvalue weighted by molar-refractivity contribution is -0.274. The zero-order valence-electron chi connectivity index (χ0n) is 25.0. The minimum absolute atomic E-state index is 0.108. The van der Waals surface area contributed by atoms with E-state index in [1.165, 1.54) is 47.0 Å². The molecule has 5 rings (SSSR count). The largest absolute Gasteiger partial charge is 0.573 e. The summed E-state index contributed by atoms with van der Waals surface area (Å²) in [5, 5.41) is 7.69. The number of alkyl halides is 3. The van der Waals surface area contributed by atoms with Crippen molar-refractivity contribution in [3.05, 3.63) is 89.7 Å². The van der Waals surface area contributed by atoms with Crippen molar-refractivity contribution in [1.29, 1.82) is 0 Å². The SMILES string of the molecule is Cc1cccc(C(C)C)c1N1C(=O)CSC1=NC(=O)NC(C)Cc1ccc(-c2ncn(-c3ccc(OC(F)(F)F)cc3)n2)cc1. The van der Waals surface area contributed by atoms with Gasteiger partial charge in [-0.15, -0.1) is 18.3 Å². The maximum atomic E-state index is 12.9. The Morgan fingerprint density at radius 3 is 2.44 bits per heavy atom. The number of carbonyl (C=O) groups excluding carboxylic acids is 2. The summed E-state index contributed by atoms with van der Waals surface area (Å²) in [7, 11) is 0. The van der Waals surface area contributed by atoms with Gasteiger partial charge in [0.05, 0.1) is 17.1 Å². The van der Waals surface area contributed by atoms with Gasteiger partial charge in [-0.25, -0.2) is 14.5 Å². The number of carbonyl (C=O) groups is 2. The van der Waals surface area contributed by atoms with Gasteiger partial charge < -0.3 is 10.1 Å². The number of amides is 3. The first-order chi connectivity index (χ1) is 21.4. The van der Waals surface area contributed by atoms with Gasteiger partial charge in [0.1, 0.15) is 12.1 Å². The first-order valence-corrected chi connectivity index (χ1v) is 15.2. The van der Waals surface area contributed by atoms with Crippen molar-refractivity contribution in [3.63, 3.8) is 0 Å². The minimum atomic E-state index is -4.76. The van der Waals surface area contributed by atoms with E-state index in [4.69, 9.17) is 0 Å². The van der Waals surface area contributed by atoms with Crippen LogP contribution < -0.4 is 15.0 Å². The van der Waals surface area contributed by atoms with E-state index in [9.17, 15) is 22.8 Å². The van der Waals surface area contributed by atoms with Crippen LogP contribution in [0.2, 0.25) is 0 Å². The molecule has 45 heavy (non-hydrogen) atoms. The highest BCUT2D eigenvalue weighted by Gasteiger charge is 2.33. The topological polar surface area (TPSA) is 102 Å². The number of hydrogen-bond donors (Lipinski definition) is 1. The molecule has 0 aliphatic carbocycles. The van der Waals surface area contributed by atoms with Crippen LogP contribution in [-0.2, 0) is 11.2 Å². The van der Waals surface area contributed by atoms with Crippen molar-refractivity contribution in [2.24, 2.45) is 4.99 Å². The van der Waals surface area contributed by atoms with Gasteiger partial charge in [-0.1, -0.05) is 68.1 Å². The van der Waals surface area contributed by atoms with Crippen molar-refractivity contribution in [2.45, 2.75) is 52.4 Å². The summed E-state index contributed by atoms with van der Waals surface area (Å²) >= 11 is 1.25. The Labute approximate surface area is 262 Å². The fraction of sp³-hybridized carbons (Fsp3) is 0.281. The Balaban J connectivity index is 1.21. The summed E-state index contributed by atoms with van der Waals surface area (Å²) < 4.78 is 42.6. The highest BCUT2D eigenvalue weighted by molar-refractivity contribution is 8.15. The number of aliphatic imine (C=N–C) groups is 1. The van der Waals surface area contributed by atoms with E-state index in [1.54, 1.807) is 4.90 Å². The molecule has 1 aromatic heterocycles. The molecule has 0 radical (unpaired) electrons. The standard InChI is InChI=1S/C32H31F3N6O3S/c1-19(2)26-7-5-6-20(3)28(26)41-27(42)17-45-31(41)38-30(43)37-21(4)16-22-8-10-23(11-9-22)29-36-18-40(39-29)24-12-14-25(15-13-24)44-32(33,34)35/h5-15,18-19,21H,16-17H2,1-4H3,(H,37,43). The molecule has 1 saturated heterocycles. The van der Waals surface area contributed by atoms with Crippen LogP contribution in [-0.4, -0.2) is 50.0 Å². The molecule has 9 nitrogen and oxygen atoms in total. The lowest BCUT2D eigenvalue weighted by Gasteiger charge is -2.24. The molecule has 0 saturated carbocycles. The number of hydrogen-bond acceptors (Lipinski definition) is 6. The van der Waals surface area contributed by atoms with Gasteiger partial charge in [-0.05, 0) is 67.1 Å². The van der Waals surface area contributed by atoms with E-state index in [0.29, 0.717) is 23.1 Å². The van der Waals surface area contributed by atoms with Crippen molar-refractivity contribution < 1.29 is 27.5 Å². The van der Waals surface area contributed by atoms with Crippen LogP contribution in [0.5, 0.6) is 5.75 Å². The highest BCUT2D eigenvalue weighted by atomic mass is 32.2. The molecular formula is C32H31F3N6O3S. The summed E-state index contributed by atoms with van der Waals surface area (Å²) in [4.78, 5) is 35.9. The number of urea groups is 1. The molecule has 3 aromatic carbocycles. The van der Waals surface area contributed by atoms with Gasteiger partial charge in [0.25, 0.3) is 0 Å². The molecule has 1 unspecified atom stereocenters. The Morgan fingerprint density at radius 1 is 1.07 bits per heavy atom. The van der Waals surface area contributed by atoms with Crippen LogP contribution in [0.15, 0.2) is 78.0 Å². The molecule has 234 valence electrons. The molecule has 3 amide bonds. The van der Waals surface area contributed by atoms with Crippen LogP contribution in [0, 0.1) is 6.92 Å². The predicted octanol–water partition coefficient (Wildman–Crippen LogP) is 7.04. The Kier molecular flexibility index (Phi) is 9.28. The zero-order chi connectivity index (χ0) is 32.3. The number of thioether (sulfide) groups is 1. The molecule has 0 spiro atoms. The average Bonchev–Trinajstić information content (AvgIpc) is 3.60. The third kappa shape index (κ3) is 7.72. The summed E-state index contributed by atoms with van der Waals surface area (Å²) in [5.74, 6) is 0.419. The molecule has 2 heterocycles. The number of nitrogens with one attached hydrogen (secondary N) is 1. The van der Waals surface area contributed by atoms with Crippen LogP contribution in [0.1, 0.15) is 43.4 Å². The maximum Gasteiger partial charge on any atom is 0.573 e. The van der Waals surface area contributed by atoms with Crippen molar-refractivity contribution in [1.82, 2.24) is 20.1 Å². The number of nitrogens with zero attached hydrogens (tertiary/aromatic N) is 5. The quantitative estimate of drug-likeness (QED) is 0.223. The summed E-state index contributed by atoms with van der Waals surface area (Å²) in [5.41, 5.74) is 4.99. The Morgan fingerprint density at radius 2 is 1.78 bits per heavy atom. The number of rotatable bonds is 8. The highest BCUT2D eigenvalue weighted by Crippen LogP contribution is 2.36. The van der Waals surface area contributed by atoms with Crippen LogP contribution in [0.4, 0.5) is 23.7 Å². The summed E-state index contributed by atoms with van der Waals surface area (Å²) in [6, 6.07) is 18.0. The first kappa shape index (κ1) is 31.8. The molecule has 1 aliphatic heterocycles. The first-order valence-electron chi connectivity index (χ1n) is 14.2. The van der Waals surface area contributed by atoms with E-state index in [2.05, 4.69) is 39.0 Å². The van der Waals surface area contributed by atoms with Crippen molar-refractivity contribution >= 4 is 34.6 Å². The molecule has 1 atom stereocenters. The lowest BCUT2D eigenvalue weighted by Crippen LogP contribution is -2.35. The minimum Gasteiger partial charge on any atom is -0.406 e. The second kappa shape index (κ2) is 13.1. The zero-order valence-corrected chi connectivity index (χ0v) is 25.8. The Bertz CT molecular complexity index is 1720. The Hall–Kier alpha value is -4.65. The van der Waals surface area contributed by atoms with E-state index >= 15 is 0 Å². The van der Waals surface area contributed by atoms with Crippen LogP contribution >= 0.6 is 11.8 Å². The van der Waals surface area contributed by atoms with E-state index in [0.717, 1.165) is 27.9 Å². The van der Waals surface area contributed by atoms with Gasteiger partial charge in [0.2, 0.25) is 5.91 Å². The average molecular weight is 637 g/mol. The number of para-hydroxylation sites is 1. The van der Waals surface area contributed by atoms with E-state index < -0.39 is 12.4 Å². The van der Waals surface area contributed by atoms with Gasteiger partial charge in [-0.3, -0.25) is 9.69 Å². The maximum absolute atomic E-state index is 12.9. The molecular weight excluding hydrogens is 605 g/mol. The molecule has 4 aromatic rings. The van der Waals surface area contributed by atoms with Crippen molar-refractivity contribution in [2.75, 3.05) is 10.7 Å². The number of ether oxygens (including phenoxy) is 1. The van der Waals surface area contributed by atoms with Crippen LogP contribution in [0.25, 0.3) is 17.1 Å². The predicted molar refractivity (Wildman–Crippen MR) is 168 cm³/mol. The smallest absolute Gasteiger partial charge is 0.406 e. The number of anilines is 1. The van der Waals surface area contributed by atoms with E-state index in [-0.39, 0.29) is 29.4 Å². The number of benzene rings is 3. The number of aromatic nitrogens is 3. The third-order valence-corrected chi connectivity index (χ3v) is 7.95. The van der Waals surface area contributed by atoms with Gasteiger partial charge >= 0.3 is 12.4 Å². The molecule has 1 fully saturated rings. The fourth-order valence-electron chi connectivity index (χ4n) is 4.96. The number of aryl methyl sites for hydroxylation is 1. The molecule has 0 bridgehead atoms. The monoisotopic (exact) mass is 636 g/mol. The lowest BCUT2D eigenvalue weighted by atomic mass is 9.97. The third-order valence-electron chi connectivity index (χ3n) is 7.03. The van der Waals surface area contributed by atoms with Gasteiger partial charge in [-0.2, -0.15) is 4.99 Å². The summed E-state index contributed by atoms with van der Waals surface area (Å²) in [6.45, 7) is 7.96. The fourth-order valence-corrected chi connectivity index (χ4v) is 5.81. The van der Waals surface area contributed by atoms with Gasteiger partial charge in [0, 0.05) is 11.6 Å². The molecule has 1 N–H and O–H groups in total. The summed E-state index contributed by atoms with van der Waals surface area (Å²) in [6.07, 6.45) is -2.75. The molecule has 1 aliphatic rings. The van der Waals surface area contributed by atoms with Gasteiger partial charge in [0.15, 0.2) is 11.0 Å². The normalized spacial score (nSPS) is 15.2. The van der Waals surface area contributed by atoms with E-state index in [1.807, 2.05) is 56.3 Å². The number of halogens is 3. The van der Waals surface area contributed by atoms with Crippen molar-refractivity contribution in [3.8, 4) is 22.8 Å².